The van der Waals surface area contributed by atoms with Gasteiger partial charge >= 0.3 is 0 Å². The molecular weight excluding hydrogens is 416 g/mol. The minimum atomic E-state index is -3.10. The summed E-state index contributed by atoms with van der Waals surface area (Å²) < 4.78 is 31.0. The van der Waals surface area contributed by atoms with Gasteiger partial charge in [0.05, 0.1) is 46.5 Å². The molecule has 3 heterocycles. The van der Waals surface area contributed by atoms with Gasteiger partial charge in [-0.15, -0.1) is 0 Å². The molecule has 0 radical (unpaired) electrons. The number of rotatable bonds is 6. The Bertz CT molecular complexity index is 1220. The van der Waals surface area contributed by atoms with Crippen molar-refractivity contribution in [3.05, 3.63) is 47.7 Å². The zero-order chi connectivity index (χ0) is 22.2. The summed E-state index contributed by atoms with van der Waals surface area (Å²) in [5.41, 5.74) is 3.16. The highest BCUT2D eigenvalue weighted by atomic mass is 32.2. The van der Waals surface area contributed by atoms with Gasteiger partial charge in [-0.25, -0.2) is 18.1 Å². The maximum atomic E-state index is 13.2. The van der Waals surface area contributed by atoms with Crippen molar-refractivity contribution < 1.29 is 17.9 Å². The first-order chi connectivity index (χ1) is 14.8. The number of carbonyl (C=O) groups is 1. The molecule has 1 aliphatic heterocycles. The molecule has 0 bridgehead atoms. The number of ether oxygens (including phenoxy) is 1. The molecule has 2 atom stereocenters. The molecule has 164 valence electrons. The van der Waals surface area contributed by atoms with Gasteiger partial charge in [0.15, 0.2) is 15.5 Å². The number of carbonyl (C=O) groups excluding carboxylic acids is 1. The lowest BCUT2D eigenvalue weighted by atomic mass is 10.0. The third-order valence-electron chi connectivity index (χ3n) is 5.50. The minimum Gasteiger partial charge on any atom is -0.383 e. The van der Waals surface area contributed by atoms with Crippen molar-refractivity contribution in [3.8, 4) is 11.3 Å². The number of hydrogen-bond acceptors (Lipinski definition) is 6. The first-order valence-corrected chi connectivity index (χ1v) is 12.1. The van der Waals surface area contributed by atoms with Crippen LogP contribution in [0, 0.1) is 6.92 Å². The summed E-state index contributed by atoms with van der Waals surface area (Å²) in [7, 11) is -1.51. The molecule has 0 spiro atoms. The van der Waals surface area contributed by atoms with Crippen molar-refractivity contribution in [2.45, 2.75) is 32.4 Å². The quantitative estimate of drug-likeness (QED) is 0.629. The SMILES string of the molecule is COCC(C)NC(=O)c1cc(-c2ccccc2)nc2c1c(C)nn2C1CCS(=O)(=O)C1. The lowest BCUT2D eigenvalue weighted by Gasteiger charge is -2.15. The van der Waals surface area contributed by atoms with Crippen LogP contribution in [-0.2, 0) is 14.6 Å². The fourth-order valence-corrected chi connectivity index (χ4v) is 5.76. The van der Waals surface area contributed by atoms with Gasteiger partial charge in [-0.05, 0) is 26.3 Å². The van der Waals surface area contributed by atoms with Crippen molar-refractivity contribution in [3.63, 3.8) is 0 Å². The van der Waals surface area contributed by atoms with E-state index in [9.17, 15) is 13.2 Å². The van der Waals surface area contributed by atoms with Crippen molar-refractivity contribution in [1.82, 2.24) is 20.1 Å². The Kier molecular flexibility index (Phi) is 5.81. The number of aromatic nitrogens is 3. The summed E-state index contributed by atoms with van der Waals surface area (Å²) in [5, 5.41) is 8.22. The van der Waals surface area contributed by atoms with Gasteiger partial charge in [-0.3, -0.25) is 4.79 Å². The predicted molar refractivity (Wildman–Crippen MR) is 119 cm³/mol. The van der Waals surface area contributed by atoms with Gasteiger partial charge in [0, 0.05) is 18.7 Å². The number of amides is 1. The highest BCUT2D eigenvalue weighted by molar-refractivity contribution is 7.91. The molecule has 2 aromatic heterocycles. The monoisotopic (exact) mass is 442 g/mol. The van der Waals surface area contributed by atoms with Crippen LogP contribution >= 0.6 is 0 Å². The van der Waals surface area contributed by atoms with Crippen LogP contribution in [0.5, 0.6) is 0 Å². The Morgan fingerprint density at radius 1 is 1.32 bits per heavy atom. The summed E-state index contributed by atoms with van der Waals surface area (Å²) >= 11 is 0. The van der Waals surface area contributed by atoms with Gasteiger partial charge in [0.2, 0.25) is 0 Å². The number of nitrogens with one attached hydrogen (secondary N) is 1. The van der Waals surface area contributed by atoms with E-state index in [1.165, 1.54) is 0 Å². The van der Waals surface area contributed by atoms with E-state index in [2.05, 4.69) is 10.4 Å². The standard InChI is InChI=1S/C22H26N4O4S/c1-14(12-30-3)23-22(27)18-11-19(16-7-5-4-6-8-16)24-21-20(18)15(2)25-26(21)17-9-10-31(28,29)13-17/h4-8,11,14,17H,9-10,12-13H2,1-3H3,(H,23,27). The number of sulfone groups is 1. The summed E-state index contributed by atoms with van der Waals surface area (Å²) in [6.45, 7) is 4.09. The maximum absolute atomic E-state index is 13.2. The molecule has 2 unspecified atom stereocenters. The van der Waals surface area contributed by atoms with Crippen LogP contribution in [0.3, 0.4) is 0 Å². The molecule has 0 saturated carbocycles. The second-order valence-electron chi connectivity index (χ2n) is 8.04. The number of methoxy groups -OCH3 is 1. The first-order valence-electron chi connectivity index (χ1n) is 10.2. The zero-order valence-corrected chi connectivity index (χ0v) is 18.6. The van der Waals surface area contributed by atoms with E-state index in [-0.39, 0.29) is 29.5 Å². The Labute approximate surface area is 181 Å². The van der Waals surface area contributed by atoms with Gasteiger partial charge in [0.25, 0.3) is 5.91 Å². The van der Waals surface area contributed by atoms with E-state index in [1.807, 2.05) is 44.2 Å². The Morgan fingerprint density at radius 3 is 2.71 bits per heavy atom. The molecular formula is C22H26N4O4S. The lowest BCUT2D eigenvalue weighted by molar-refractivity contribution is 0.0907. The Balaban J connectivity index is 1.88. The second kappa shape index (κ2) is 8.39. The van der Waals surface area contributed by atoms with Crippen LogP contribution in [0.25, 0.3) is 22.3 Å². The minimum absolute atomic E-state index is 0.0346. The van der Waals surface area contributed by atoms with Gasteiger partial charge < -0.3 is 10.1 Å². The van der Waals surface area contributed by atoms with Gasteiger partial charge in [-0.2, -0.15) is 5.10 Å². The topological polar surface area (TPSA) is 103 Å². The number of hydrogen-bond donors (Lipinski definition) is 1. The number of nitrogens with zero attached hydrogens (tertiary/aromatic N) is 3. The summed E-state index contributed by atoms with van der Waals surface area (Å²) in [6, 6.07) is 10.9. The molecule has 3 aromatic rings. The molecule has 1 saturated heterocycles. The van der Waals surface area contributed by atoms with Crippen LogP contribution in [0.1, 0.15) is 35.4 Å². The molecule has 1 amide bonds. The van der Waals surface area contributed by atoms with E-state index in [0.717, 1.165) is 5.56 Å². The van der Waals surface area contributed by atoms with Crippen molar-refractivity contribution in [1.29, 1.82) is 0 Å². The van der Waals surface area contributed by atoms with Crippen LogP contribution in [0.4, 0.5) is 0 Å². The molecule has 0 aliphatic carbocycles. The smallest absolute Gasteiger partial charge is 0.252 e. The number of pyridine rings is 1. The normalized spacial score (nSPS) is 18.9. The molecule has 1 aromatic carbocycles. The fourth-order valence-electron chi connectivity index (χ4n) is 4.06. The summed E-state index contributed by atoms with van der Waals surface area (Å²) in [6.07, 6.45) is 0.488. The van der Waals surface area contributed by atoms with E-state index >= 15 is 0 Å². The predicted octanol–water partition coefficient (Wildman–Crippen LogP) is 2.53. The molecule has 4 rings (SSSR count). The van der Waals surface area contributed by atoms with E-state index in [1.54, 1.807) is 17.9 Å². The van der Waals surface area contributed by atoms with Crippen LogP contribution in [0.15, 0.2) is 36.4 Å². The molecule has 1 N–H and O–H groups in total. The number of aryl methyl sites for hydroxylation is 1. The molecule has 1 aliphatic rings. The average Bonchev–Trinajstić information content (AvgIpc) is 3.27. The number of benzene rings is 1. The van der Waals surface area contributed by atoms with E-state index in [4.69, 9.17) is 9.72 Å². The summed E-state index contributed by atoms with van der Waals surface area (Å²) in [5.74, 6) is -0.0682. The van der Waals surface area contributed by atoms with Gasteiger partial charge in [-0.1, -0.05) is 30.3 Å². The largest absolute Gasteiger partial charge is 0.383 e. The molecule has 31 heavy (non-hydrogen) atoms. The van der Waals surface area contributed by atoms with E-state index in [0.29, 0.717) is 41.0 Å². The maximum Gasteiger partial charge on any atom is 0.252 e. The van der Waals surface area contributed by atoms with Crippen molar-refractivity contribution in [2.24, 2.45) is 0 Å². The second-order valence-corrected chi connectivity index (χ2v) is 10.3. The highest BCUT2D eigenvalue weighted by Gasteiger charge is 2.32. The Morgan fingerprint density at radius 2 is 2.06 bits per heavy atom. The first kappa shape index (κ1) is 21.5. The lowest BCUT2D eigenvalue weighted by Crippen LogP contribution is -2.35. The van der Waals surface area contributed by atoms with E-state index < -0.39 is 9.84 Å². The van der Waals surface area contributed by atoms with Crippen LogP contribution < -0.4 is 5.32 Å². The number of fused-ring (bicyclic) bond motifs is 1. The molecule has 9 heteroatoms. The van der Waals surface area contributed by atoms with Crippen LogP contribution in [-0.4, -0.2) is 60.4 Å². The molecule has 1 fully saturated rings. The third-order valence-corrected chi connectivity index (χ3v) is 7.25. The average molecular weight is 443 g/mol. The highest BCUT2D eigenvalue weighted by Crippen LogP contribution is 2.32. The van der Waals surface area contributed by atoms with Crippen molar-refractivity contribution >= 4 is 26.8 Å². The Hall–Kier alpha value is -2.78. The van der Waals surface area contributed by atoms with Crippen molar-refractivity contribution in [2.75, 3.05) is 25.2 Å². The van der Waals surface area contributed by atoms with Crippen LogP contribution in [0.2, 0.25) is 0 Å². The zero-order valence-electron chi connectivity index (χ0n) is 17.8. The van der Waals surface area contributed by atoms with Gasteiger partial charge in [0.1, 0.15) is 0 Å². The summed E-state index contributed by atoms with van der Waals surface area (Å²) in [4.78, 5) is 18.0. The third kappa shape index (κ3) is 4.33. The molecule has 8 nitrogen and oxygen atoms in total. The fraction of sp³-hybridized carbons (Fsp3) is 0.409.